The predicted octanol–water partition coefficient (Wildman–Crippen LogP) is 5.32. The van der Waals surface area contributed by atoms with E-state index in [1.54, 1.807) is 13.0 Å². The van der Waals surface area contributed by atoms with Gasteiger partial charge in [-0.2, -0.15) is 17.9 Å². The lowest BCUT2D eigenvalue weighted by Crippen LogP contribution is -2.31. The van der Waals surface area contributed by atoms with E-state index in [9.17, 15) is 26.9 Å². The molecule has 0 radical (unpaired) electrons. The van der Waals surface area contributed by atoms with Gasteiger partial charge in [-0.05, 0) is 55.5 Å². The van der Waals surface area contributed by atoms with Gasteiger partial charge in [0.1, 0.15) is 22.8 Å². The van der Waals surface area contributed by atoms with Crippen LogP contribution in [0.15, 0.2) is 45.7 Å². The highest BCUT2D eigenvalue weighted by Gasteiger charge is 2.34. The molecular weight excluding hydrogens is 438 g/mol. The normalized spacial score (nSPS) is 15.2. The Balaban J connectivity index is 1.60. The first kappa shape index (κ1) is 21.5. The molecule has 10 heteroatoms. The summed E-state index contributed by atoms with van der Waals surface area (Å²) in [4.78, 5) is 12.2. The van der Waals surface area contributed by atoms with Crippen molar-refractivity contribution < 1.29 is 36.1 Å². The van der Waals surface area contributed by atoms with Crippen molar-refractivity contribution in [3.05, 3.63) is 59.1 Å². The molecule has 1 saturated carbocycles. The van der Waals surface area contributed by atoms with Gasteiger partial charge in [0.15, 0.2) is 11.5 Å². The number of rotatable bonds is 6. The van der Waals surface area contributed by atoms with Crippen LogP contribution in [0.4, 0.5) is 17.6 Å². The van der Waals surface area contributed by atoms with E-state index >= 15 is 0 Å². The molecule has 1 atom stereocenters. The third-order valence-electron chi connectivity index (χ3n) is 4.84. The number of fused-ring (bicyclic) bond motifs is 1. The minimum absolute atomic E-state index is 0.0566. The van der Waals surface area contributed by atoms with Crippen LogP contribution in [0.2, 0.25) is 0 Å². The van der Waals surface area contributed by atoms with Crippen molar-refractivity contribution in [3.63, 3.8) is 0 Å². The van der Waals surface area contributed by atoms with Gasteiger partial charge < -0.3 is 13.7 Å². The van der Waals surface area contributed by atoms with Crippen molar-refractivity contribution in [3.8, 4) is 5.75 Å². The highest BCUT2D eigenvalue weighted by atomic mass is 32.2. The van der Waals surface area contributed by atoms with E-state index in [0.717, 1.165) is 30.5 Å². The van der Waals surface area contributed by atoms with Gasteiger partial charge in [-0.3, -0.25) is 4.79 Å². The summed E-state index contributed by atoms with van der Waals surface area (Å²) in [6.45, 7) is 1.73. The third-order valence-corrected chi connectivity index (χ3v) is 5.93. The van der Waals surface area contributed by atoms with Crippen molar-refractivity contribution >= 4 is 28.2 Å². The summed E-state index contributed by atoms with van der Waals surface area (Å²) in [5, 5.41) is 0.0920. The van der Waals surface area contributed by atoms with Crippen LogP contribution >= 0.6 is 0 Å². The van der Waals surface area contributed by atoms with E-state index in [1.807, 2.05) is 0 Å². The van der Waals surface area contributed by atoms with Crippen LogP contribution in [0.5, 0.6) is 5.75 Å². The van der Waals surface area contributed by atoms with Crippen molar-refractivity contribution in [1.82, 2.24) is 4.72 Å². The average molecular weight is 455 g/mol. The number of furan rings is 1. The van der Waals surface area contributed by atoms with Crippen LogP contribution in [-0.2, 0) is 17.5 Å². The summed E-state index contributed by atoms with van der Waals surface area (Å²) in [5.74, 6) is -1.59. The molecule has 1 amide bonds. The Kier molecular flexibility index (Phi) is 5.61. The molecule has 5 nitrogen and oxygen atoms in total. The van der Waals surface area contributed by atoms with Gasteiger partial charge in [0.05, 0.1) is 17.6 Å². The van der Waals surface area contributed by atoms with Gasteiger partial charge in [-0.25, -0.2) is 4.39 Å². The van der Waals surface area contributed by atoms with Crippen molar-refractivity contribution in [2.24, 2.45) is 0 Å². The topological polar surface area (TPSA) is 74.5 Å². The lowest BCUT2D eigenvalue weighted by molar-refractivity contribution is -0.137. The fourth-order valence-electron chi connectivity index (χ4n) is 3.17. The lowest BCUT2D eigenvalue weighted by atomic mass is 10.1. The zero-order valence-electron chi connectivity index (χ0n) is 16.2. The van der Waals surface area contributed by atoms with Gasteiger partial charge in [-0.15, -0.1) is 0 Å². The maximum absolute atomic E-state index is 14.4. The first-order valence-corrected chi connectivity index (χ1v) is 10.6. The highest BCUT2D eigenvalue weighted by Crippen LogP contribution is 2.42. The van der Waals surface area contributed by atoms with Crippen LogP contribution in [0.1, 0.15) is 47.4 Å². The molecule has 0 spiro atoms. The molecule has 4 rings (SSSR count). The number of nitrogens with one attached hydrogen (secondary N) is 1. The Morgan fingerprint density at radius 1 is 1.26 bits per heavy atom. The number of hydrogen-bond acceptors (Lipinski definition) is 4. The molecule has 2 aromatic carbocycles. The second kappa shape index (κ2) is 8.08. The highest BCUT2D eigenvalue weighted by molar-refractivity contribution is 7.90. The van der Waals surface area contributed by atoms with E-state index in [-0.39, 0.29) is 39.9 Å². The molecular formula is C21H17F4NO4S. The summed E-state index contributed by atoms with van der Waals surface area (Å²) < 4.78 is 78.9. The Bertz CT molecular complexity index is 1140. The summed E-state index contributed by atoms with van der Waals surface area (Å²) in [5.41, 5.74) is -0.0842. The minimum Gasteiger partial charge on any atom is -0.588 e. The fraction of sp³-hybridized carbons (Fsp3) is 0.286. The van der Waals surface area contributed by atoms with E-state index in [1.165, 1.54) is 12.1 Å². The summed E-state index contributed by atoms with van der Waals surface area (Å²) in [6, 6.07) is 6.72. The number of benzene rings is 2. The predicted molar refractivity (Wildman–Crippen MR) is 105 cm³/mol. The summed E-state index contributed by atoms with van der Waals surface area (Å²) in [7, 11) is 0. The van der Waals surface area contributed by atoms with Gasteiger partial charge in [0, 0.05) is 12.1 Å². The number of alkyl halides is 3. The Morgan fingerprint density at radius 2 is 2.00 bits per heavy atom. The first-order chi connectivity index (χ1) is 14.7. The van der Waals surface area contributed by atoms with Gasteiger partial charge in [-0.1, -0.05) is 0 Å². The monoisotopic (exact) mass is 455 g/mol. The SMILES string of the molecule is CCOc1ccc(C(F)(F)F)cc1[S+]([O-])NC(=O)c1cc2c(F)cc(C3CC3)cc2o1. The molecule has 1 aliphatic rings. The molecule has 1 aliphatic carbocycles. The number of halogens is 4. The smallest absolute Gasteiger partial charge is 0.416 e. The summed E-state index contributed by atoms with van der Waals surface area (Å²) >= 11 is -2.38. The number of amides is 1. The van der Waals surface area contributed by atoms with Crippen molar-refractivity contribution in [2.45, 2.75) is 36.8 Å². The second-order valence-electron chi connectivity index (χ2n) is 7.09. The standard InChI is InChI=1S/C21H17F4NO4S/c1-2-29-16-6-5-13(21(23,24)25)9-19(16)31(28)26-20(27)18-10-14-15(22)7-12(11-3-4-11)8-17(14)30-18/h5-11H,2-4H2,1H3,(H,26,27). The van der Waals surface area contributed by atoms with Gasteiger partial charge >= 0.3 is 12.1 Å². The van der Waals surface area contributed by atoms with Gasteiger partial charge in [0.25, 0.3) is 0 Å². The molecule has 164 valence electrons. The quantitative estimate of drug-likeness (QED) is 0.403. The molecule has 1 aromatic heterocycles. The van der Waals surface area contributed by atoms with Crippen LogP contribution < -0.4 is 9.46 Å². The second-order valence-corrected chi connectivity index (χ2v) is 8.27. The summed E-state index contributed by atoms with van der Waals surface area (Å²) in [6.07, 6.45) is -2.75. The number of carbonyl (C=O) groups excluding carboxylic acids is 1. The molecule has 1 heterocycles. The first-order valence-electron chi connectivity index (χ1n) is 9.47. The molecule has 0 saturated heterocycles. The molecule has 0 bridgehead atoms. The molecule has 0 aliphatic heterocycles. The van der Waals surface area contributed by atoms with E-state index in [0.29, 0.717) is 6.07 Å². The van der Waals surface area contributed by atoms with E-state index in [2.05, 4.69) is 4.72 Å². The third kappa shape index (κ3) is 4.49. The van der Waals surface area contributed by atoms with Crippen LogP contribution in [0.25, 0.3) is 11.0 Å². The van der Waals surface area contributed by atoms with Crippen molar-refractivity contribution in [1.29, 1.82) is 0 Å². The van der Waals surface area contributed by atoms with Crippen LogP contribution in [-0.4, -0.2) is 17.1 Å². The Hall–Kier alpha value is -2.72. The molecule has 1 fully saturated rings. The Morgan fingerprint density at radius 3 is 2.65 bits per heavy atom. The largest absolute Gasteiger partial charge is 0.588 e. The number of hydrogen-bond donors (Lipinski definition) is 1. The zero-order chi connectivity index (χ0) is 22.3. The van der Waals surface area contributed by atoms with Crippen LogP contribution in [0, 0.1) is 5.82 Å². The zero-order valence-corrected chi connectivity index (χ0v) is 17.0. The fourth-order valence-corrected chi connectivity index (χ4v) is 4.10. The average Bonchev–Trinajstić information content (AvgIpc) is 3.46. The minimum atomic E-state index is -4.66. The Labute approximate surface area is 177 Å². The van der Waals surface area contributed by atoms with E-state index < -0.39 is 34.8 Å². The van der Waals surface area contributed by atoms with Crippen molar-refractivity contribution in [2.75, 3.05) is 6.61 Å². The molecule has 1 unspecified atom stereocenters. The van der Waals surface area contributed by atoms with E-state index in [4.69, 9.17) is 9.15 Å². The maximum Gasteiger partial charge on any atom is 0.416 e. The lowest BCUT2D eigenvalue weighted by Gasteiger charge is -2.15. The molecule has 3 aromatic rings. The van der Waals surface area contributed by atoms with Gasteiger partial charge in [0.2, 0.25) is 4.90 Å². The van der Waals surface area contributed by atoms with Crippen LogP contribution in [0.3, 0.4) is 0 Å². The number of carbonyl (C=O) groups is 1. The number of ether oxygens (including phenoxy) is 1. The molecule has 1 N–H and O–H groups in total. The molecule has 31 heavy (non-hydrogen) atoms. The maximum atomic E-state index is 14.4.